The molecule has 2 aliphatic rings. The third-order valence-electron chi connectivity index (χ3n) is 4.20. The van der Waals surface area contributed by atoms with Crippen LogP contribution < -0.4 is 10.6 Å². The summed E-state index contributed by atoms with van der Waals surface area (Å²) in [5, 5.41) is 5.74. The zero-order valence-corrected chi connectivity index (χ0v) is 13.8. The number of rotatable bonds is 4. The SMILES string of the molecule is C=C1NC(=O)NC(c2ccccc2Cl)C1C(=O)OCC1CCCO1. The normalized spacial score (nSPS) is 26.6. The van der Waals surface area contributed by atoms with E-state index in [1.165, 1.54) is 0 Å². The molecule has 0 saturated carbocycles. The van der Waals surface area contributed by atoms with Crippen molar-refractivity contribution in [1.29, 1.82) is 0 Å². The maximum Gasteiger partial charge on any atom is 0.319 e. The topological polar surface area (TPSA) is 76.7 Å². The molecule has 2 fully saturated rings. The molecule has 2 aliphatic heterocycles. The van der Waals surface area contributed by atoms with Gasteiger partial charge in [-0.3, -0.25) is 4.79 Å². The lowest BCUT2D eigenvalue weighted by Crippen LogP contribution is -2.51. The van der Waals surface area contributed by atoms with E-state index in [4.69, 9.17) is 21.1 Å². The lowest BCUT2D eigenvalue weighted by molar-refractivity contribution is -0.151. The summed E-state index contributed by atoms with van der Waals surface area (Å²) in [6.07, 6.45) is 1.78. The van der Waals surface area contributed by atoms with Gasteiger partial charge in [-0.1, -0.05) is 36.4 Å². The summed E-state index contributed by atoms with van der Waals surface area (Å²) in [6, 6.07) is 6.01. The molecule has 0 bridgehead atoms. The predicted molar refractivity (Wildman–Crippen MR) is 88.4 cm³/mol. The number of carbonyl (C=O) groups excluding carboxylic acids is 2. The molecule has 6 nitrogen and oxygen atoms in total. The second kappa shape index (κ2) is 7.23. The molecule has 3 unspecified atom stereocenters. The van der Waals surface area contributed by atoms with Crippen LogP contribution in [-0.4, -0.2) is 31.3 Å². The number of urea groups is 1. The summed E-state index contributed by atoms with van der Waals surface area (Å²) in [4.78, 5) is 24.4. The van der Waals surface area contributed by atoms with Crippen LogP contribution in [0.5, 0.6) is 0 Å². The van der Waals surface area contributed by atoms with Crippen LogP contribution in [-0.2, 0) is 14.3 Å². The van der Waals surface area contributed by atoms with E-state index in [1.54, 1.807) is 24.3 Å². The highest BCUT2D eigenvalue weighted by molar-refractivity contribution is 6.31. The third kappa shape index (κ3) is 3.55. The molecule has 2 N–H and O–H groups in total. The second-order valence-corrected chi connectivity index (χ2v) is 6.27. The highest BCUT2D eigenvalue weighted by atomic mass is 35.5. The number of esters is 1. The maximum atomic E-state index is 12.6. The van der Waals surface area contributed by atoms with E-state index in [0.717, 1.165) is 12.8 Å². The van der Waals surface area contributed by atoms with Crippen molar-refractivity contribution < 1.29 is 19.1 Å². The van der Waals surface area contributed by atoms with Crippen LogP contribution in [0.2, 0.25) is 5.02 Å². The Morgan fingerprint density at radius 3 is 2.92 bits per heavy atom. The molecule has 2 heterocycles. The Kier molecular flexibility index (Phi) is 5.06. The lowest BCUT2D eigenvalue weighted by atomic mass is 9.89. The zero-order valence-electron chi connectivity index (χ0n) is 13.1. The fourth-order valence-electron chi connectivity index (χ4n) is 2.99. The number of ether oxygens (including phenoxy) is 2. The van der Waals surface area contributed by atoms with Gasteiger partial charge in [-0.05, 0) is 24.5 Å². The minimum Gasteiger partial charge on any atom is -0.462 e. The summed E-state index contributed by atoms with van der Waals surface area (Å²) in [7, 11) is 0. The summed E-state index contributed by atoms with van der Waals surface area (Å²) in [6.45, 7) is 4.70. The van der Waals surface area contributed by atoms with Gasteiger partial charge in [0.1, 0.15) is 12.5 Å². The quantitative estimate of drug-likeness (QED) is 0.818. The first kappa shape index (κ1) is 16.8. The van der Waals surface area contributed by atoms with Crippen molar-refractivity contribution >= 4 is 23.6 Å². The minimum absolute atomic E-state index is 0.0629. The molecule has 3 atom stereocenters. The number of halogens is 1. The van der Waals surface area contributed by atoms with E-state index in [0.29, 0.717) is 22.9 Å². The fourth-order valence-corrected chi connectivity index (χ4v) is 3.24. The molecule has 2 saturated heterocycles. The van der Waals surface area contributed by atoms with Crippen molar-refractivity contribution in [1.82, 2.24) is 10.6 Å². The predicted octanol–water partition coefficient (Wildman–Crippen LogP) is 2.55. The fraction of sp³-hybridized carbons (Fsp3) is 0.412. The molecular weight excluding hydrogens is 332 g/mol. The number of hydrogen-bond acceptors (Lipinski definition) is 4. The van der Waals surface area contributed by atoms with Gasteiger partial charge in [-0.2, -0.15) is 0 Å². The van der Waals surface area contributed by atoms with Crippen molar-refractivity contribution in [3.63, 3.8) is 0 Å². The van der Waals surface area contributed by atoms with Crippen LogP contribution in [0.3, 0.4) is 0 Å². The third-order valence-corrected chi connectivity index (χ3v) is 4.54. The second-order valence-electron chi connectivity index (χ2n) is 5.87. The molecular formula is C17H19ClN2O4. The van der Waals surface area contributed by atoms with Crippen molar-refractivity contribution in [2.45, 2.75) is 25.0 Å². The van der Waals surface area contributed by atoms with Crippen LogP contribution >= 0.6 is 11.6 Å². The van der Waals surface area contributed by atoms with Crippen LogP contribution in [0.25, 0.3) is 0 Å². The number of carbonyl (C=O) groups is 2. The Morgan fingerprint density at radius 2 is 2.21 bits per heavy atom. The standard InChI is InChI=1S/C17H19ClN2O4/c1-10-14(16(21)24-9-11-5-4-8-23-11)15(20-17(22)19-10)12-6-2-3-7-13(12)18/h2-3,6-7,11,14-15H,1,4-5,8-9H2,(H2,19,20,22). The van der Waals surface area contributed by atoms with Gasteiger partial charge in [-0.15, -0.1) is 0 Å². The van der Waals surface area contributed by atoms with Gasteiger partial charge in [0, 0.05) is 17.3 Å². The van der Waals surface area contributed by atoms with Crippen LogP contribution in [0.15, 0.2) is 36.5 Å². The zero-order chi connectivity index (χ0) is 17.1. The number of hydrogen-bond donors (Lipinski definition) is 2. The first-order chi connectivity index (χ1) is 11.6. The van der Waals surface area contributed by atoms with Crippen molar-refractivity contribution in [2.75, 3.05) is 13.2 Å². The summed E-state index contributed by atoms with van der Waals surface area (Å²) < 4.78 is 10.9. The lowest BCUT2D eigenvalue weighted by Gasteiger charge is -2.33. The van der Waals surface area contributed by atoms with E-state index < -0.39 is 24.0 Å². The van der Waals surface area contributed by atoms with E-state index in [-0.39, 0.29) is 12.7 Å². The summed E-state index contributed by atoms with van der Waals surface area (Å²) in [5.41, 5.74) is 0.940. The van der Waals surface area contributed by atoms with Crippen molar-refractivity contribution in [3.05, 3.63) is 47.1 Å². The van der Waals surface area contributed by atoms with Gasteiger partial charge in [0.05, 0.1) is 12.1 Å². The van der Waals surface area contributed by atoms with Gasteiger partial charge in [0.25, 0.3) is 0 Å². The Morgan fingerprint density at radius 1 is 1.42 bits per heavy atom. The Bertz CT molecular complexity index is 658. The van der Waals surface area contributed by atoms with Crippen LogP contribution in [0.4, 0.5) is 4.79 Å². The molecule has 1 aromatic carbocycles. The summed E-state index contributed by atoms with van der Waals surface area (Å²) >= 11 is 6.23. The monoisotopic (exact) mass is 350 g/mol. The molecule has 0 aliphatic carbocycles. The maximum absolute atomic E-state index is 12.6. The van der Waals surface area contributed by atoms with E-state index >= 15 is 0 Å². The van der Waals surface area contributed by atoms with Gasteiger partial charge in [0.15, 0.2) is 0 Å². The van der Waals surface area contributed by atoms with Gasteiger partial charge in [-0.25, -0.2) is 4.79 Å². The first-order valence-electron chi connectivity index (χ1n) is 7.85. The van der Waals surface area contributed by atoms with Crippen LogP contribution in [0.1, 0.15) is 24.4 Å². The van der Waals surface area contributed by atoms with E-state index in [2.05, 4.69) is 17.2 Å². The van der Waals surface area contributed by atoms with Gasteiger partial charge in [0.2, 0.25) is 0 Å². The van der Waals surface area contributed by atoms with E-state index in [1.807, 2.05) is 0 Å². The average molecular weight is 351 g/mol. The number of benzene rings is 1. The molecule has 24 heavy (non-hydrogen) atoms. The van der Waals surface area contributed by atoms with E-state index in [9.17, 15) is 9.59 Å². The summed E-state index contributed by atoms with van der Waals surface area (Å²) in [5.74, 6) is -1.23. The Labute approximate surface area is 145 Å². The van der Waals surface area contributed by atoms with Gasteiger partial charge < -0.3 is 20.1 Å². The highest BCUT2D eigenvalue weighted by Crippen LogP contribution is 2.34. The van der Waals surface area contributed by atoms with Crippen molar-refractivity contribution in [3.8, 4) is 0 Å². The Hall–Kier alpha value is -2.05. The van der Waals surface area contributed by atoms with Gasteiger partial charge >= 0.3 is 12.0 Å². The average Bonchev–Trinajstić information content (AvgIpc) is 3.06. The smallest absolute Gasteiger partial charge is 0.319 e. The molecule has 0 radical (unpaired) electrons. The van der Waals surface area contributed by atoms with Crippen LogP contribution in [0, 0.1) is 5.92 Å². The molecule has 3 rings (SSSR count). The first-order valence-corrected chi connectivity index (χ1v) is 8.23. The molecule has 0 spiro atoms. The minimum atomic E-state index is -0.760. The molecule has 7 heteroatoms. The molecule has 0 aromatic heterocycles. The molecule has 1 aromatic rings. The number of nitrogens with one attached hydrogen (secondary N) is 2. The highest BCUT2D eigenvalue weighted by Gasteiger charge is 2.40. The van der Waals surface area contributed by atoms with Crippen molar-refractivity contribution in [2.24, 2.45) is 5.92 Å². The molecule has 2 amide bonds. The largest absolute Gasteiger partial charge is 0.462 e. The number of amides is 2. The Balaban J connectivity index is 1.78. The molecule has 128 valence electrons.